The highest BCUT2D eigenvalue weighted by Gasteiger charge is 2.19. The van der Waals surface area contributed by atoms with Crippen LogP contribution >= 0.6 is 0 Å². The fraction of sp³-hybridized carbons (Fsp3) is 0.194. The fourth-order valence-electron chi connectivity index (χ4n) is 3.42. The molecule has 9 heteroatoms. The van der Waals surface area contributed by atoms with Gasteiger partial charge in [0, 0.05) is 35.5 Å². The molecular formula is C31H33N5O4. The highest BCUT2D eigenvalue weighted by Crippen LogP contribution is 2.09. The quantitative estimate of drug-likeness (QED) is 0.140. The van der Waals surface area contributed by atoms with Crippen LogP contribution in [0.1, 0.15) is 40.0 Å². The Morgan fingerprint density at radius 2 is 1.50 bits per heavy atom. The summed E-state index contributed by atoms with van der Waals surface area (Å²) in [5.74, 6) is 9.94. The number of rotatable bonds is 9. The van der Waals surface area contributed by atoms with Gasteiger partial charge in [0.15, 0.2) is 0 Å². The molecule has 3 aromatic carbocycles. The Labute approximate surface area is 234 Å². The monoisotopic (exact) mass is 539 g/mol. The largest absolute Gasteiger partial charge is 0.339 e. The number of hydrogen-bond donors (Lipinski definition) is 6. The van der Waals surface area contributed by atoms with Gasteiger partial charge in [-0.15, -0.1) is 0 Å². The lowest BCUT2D eigenvalue weighted by atomic mass is 10.1. The first-order valence-electron chi connectivity index (χ1n) is 12.1. The van der Waals surface area contributed by atoms with E-state index in [-0.39, 0.29) is 26.4 Å². The van der Waals surface area contributed by atoms with Gasteiger partial charge in [-0.25, -0.2) is 5.48 Å². The van der Waals surface area contributed by atoms with Gasteiger partial charge in [0.2, 0.25) is 5.91 Å². The first-order valence-corrected chi connectivity index (χ1v) is 12.1. The highest BCUT2D eigenvalue weighted by molar-refractivity contribution is 5.97. The number of amides is 3. The molecule has 3 rings (SSSR count). The molecule has 0 heterocycles. The van der Waals surface area contributed by atoms with Crippen molar-refractivity contribution in [1.82, 2.24) is 16.1 Å². The van der Waals surface area contributed by atoms with Crippen LogP contribution in [-0.4, -0.2) is 42.1 Å². The molecule has 7 N–H and O–H groups in total. The van der Waals surface area contributed by atoms with Crippen LogP contribution in [-0.2, 0) is 16.1 Å². The summed E-state index contributed by atoms with van der Waals surface area (Å²) in [4.78, 5) is 35.9. The summed E-state index contributed by atoms with van der Waals surface area (Å²) in [6.45, 7) is 2.70. The Balaban J connectivity index is 0.00000560. The summed E-state index contributed by atoms with van der Waals surface area (Å²) in [6.07, 6.45) is 0. The minimum absolute atomic E-state index is 0. The molecule has 3 aromatic rings. The molecule has 0 unspecified atom stereocenters. The number of anilines is 1. The maximum atomic E-state index is 12.2. The Morgan fingerprint density at radius 1 is 0.900 bits per heavy atom. The van der Waals surface area contributed by atoms with Crippen molar-refractivity contribution in [3.05, 3.63) is 101 Å². The van der Waals surface area contributed by atoms with Crippen LogP contribution < -0.4 is 27.2 Å². The summed E-state index contributed by atoms with van der Waals surface area (Å²) >= 11 is 0. The summed E-state index contributed by atoms with van der Waals surface area (Å²) in [5.41, 5.74) is 11.6. The molecule has 0 saturated carbocycles. The van der Waals surface area contributed by atoms with E-state index < -0.39 is 17.9 Å². The van der Waals surface area contributed by atoms with Crippen molar-refractivity contribution in [3.8, 4) is 23.7 Å². The van der Waals surface area contributed by atoms with Gasteiger partial charge in [0.05, 0.1) is 6.54 Å². The Hall–Kier alpha value is -4.93. The van der Waals surface area contributed by atoms with Crippen LogP contribution in [0.2, 0.25) is 0 Å². The predicted molar refractivity (Wildman–Crippen MR) is 155 cm³/mol. The lowest BCUT2D eigenvalue weighted by molar-refractivity contribution is -0.130. The van der Waals surface area contributed by atoms with E-state index in [9.17, 15) is 14.4 Å². The van der Waals surface area contributed by atoms with Gasteiger partial charge in [0.1, 0.15) is 6.04 Å². The van der Waals surface area contributed by atoms with E-state index in [1.165, 1.54) is 11.0 Å². The predicted octanol–water partition coefficient (Wildman–Crippen LogP) is 2.33. The van der Waals surface area contributed by atoms with Gasteiger partial charge < -0.3 is 21.7 Å². The molecule has 0 bridgehead atoms. The van der Waals surface area contributed by atoms with E-state index in [0.29, 0.717) is 23.4 Å². The van der Waals surface area contributed by atoms with Gasteiger partial charge in [-0.05, 0) is 78.4 Å². The second kappa shape index (κ2) is 16.1. The van der Waals surface area contributed by atoms with E-state index in [2.05, 4.69) is 39.6 Å². The second-order valence-electron chi connectivity index (χ2n) is 8.47. The van der Waals surface area contributed by atoms with Crippen LogP contribution in [0.5, 0.6) is 0 Å². The van der Waals surface area contributed by atoms with Crippen LogP contribution in [0.15, 0.2) is 72.8 Å². The number of hydrogen-bond acceptors (Lipinski definition) is 6. The third-order valence-corrected chi connectivity index (χ3v) is 5.62. The van der Waals surface area contributed by atoms with Crippen LogP contribution in [0.25, 0.3) is 0 Å². The summed E-state index contributed by atoms with van der Waals surface area (Å²) < 4.78 is 0. The molecule has 0 fully saturated rings. The minimum Gasteiger partial charge on any atom is -0.339 e. The number of nitrogens with two attached hydrogens (primary N) is 1. The molecule has 3 amide bonds. The SMILES string of the molecule is C.Cc1ccccc1CNCC(=O)Nc1ccc(C#CC#Cc2ccc(C(=O)N[C@@H](CN)C(=O)NO)cc2)cc1. The molecule has 0 saturated heterocycles. The molecule has 1 atom stereocenters. The molecule has 0 aromatic heterocycles. The molecule has 9 nitrogen and oxygen atoms in total. The van der Waals surface area contributed by atoms with Crippen molar-refractivity contribution in [1.29, 1.82) is 0 Å². The first-order chi connectivity index (χ1) is 18.9. The number of carbonyl (C=O) groups excluding carboxylic acids is 3. The van der Waals surface area contributed by atoms with Crippen LogP contribution in [0.4, 0.5) is 5.69 Å². The lowest BCUT2D eigenvalue weighted by Gasteiger charge is -2.14. The second-order valence-corrected chi connectivity index (χ2v) is 8.47. The van der Waals surface area contributed by atoms with E-state index in [4.69, 9.17) is 10.9 Å². The molecule has 0 radical (unpaired) electrons. The van der Waals surface area contributed by atoms with Crippen molar-refractivity contribution in [3.63, 3.8) is 0 Å². The lowest BCUT2D eigenvalue weighted by Crippen LogP contribution is -2.50. The molecule has 40 heavy (non-hydrogen) atoms. The zero-order chi connectivity index (χ0) is 28.0. The molecule has 0 aliphatic carbocycles. The third-order valence-electron chi connectivity index (χ3n) is 5.62. The van der Waals surface area contributed by atoms with E-state index >= 15 is 0 Å². The zero-order valence-corrected chi connectivity index (χ0v) is 21.4. The molecule has 0 spiro atoms. The smallest absolute Gasteiger partial charge is 0.267 e. The normalized spacial score (nSPS) is 10.4. The van der Waals surface area contributed by atoms with Crippen LogP contribution in [0.3, 0.4) is 0 Å². The van der Waals surface area contributed by atoms with Crippen LogP contribution in [0, 0.1) is 30.6 Å². The summed E-state index contributed by atoms with van der Waals surface area (Å²) in [5, 5.41) is 17.1. The zero-order valence-electron chi connectivity index (χ0n) is 21.4. The molecular weight excluding hydrogens is 506 g/mol. The number of benzene rings is 3. The van der Waals surface area contributed by atoms with Crippen molar-refractivity contribution in [2.75, 3.05) is 18.4 Å². The van der Waals surface area contributed by atoms with Crippen molar-refractivity contribution in [2.24, 2.45) is 5.73 Å². The first kappa shape index (κ1) is 31.3. The van der Waals surface area contributed by atoms with Gasteiger partial charge in [0.25, 0.3) is 11.8 Å². The third kappa shape index (κ3) is 9.75. The molecule has 0 aliphatic heterocycles. The Morgan fingerprint density at radius 3 is 2.08 bits per heavy atom. The van der Waals surface area contributed by atoms with Gasteiger partial charge in [-0.3, -0.25) is 19.6 Å². The summed E-state index contributed by atoms with van der Waals surface area (Å²) in [7, 11) is 0. The minimum atomic E-state index is -1.05. The maximum absolute atomic E-state index is 12.2. The average molecular weight is 540 g/mol. The van der Waals surface area contributed by atoms with Gasteiger partial charge >= 0.3 is 0 Å². The summed E-state index contributed by atoms with van der Waals surface area (Å²) in [6, 6.07) is 20.6. The molecule has 206 valence electrons. The maximum Gasteiger partial charge on any atom is 0.267 e. The standard InChI is InChI=1S/C30H29N5O4.CH4/c1-21-6-2-5-9-25(21)19-32-20-28(36)33-26-16-12-23(13-17-26)8-4-3-7-22-10-14-24(15-11-22)29(37)34-27(18-31)30(38)35-39;/h2,5-6,9-17,27,32,39H,18-20,31H2,1H3,(H,33,36)(H,34,37)(H,35,38);1H4/t27-;/m0./s1. The molecule has 0 aliphatic rings. The fourth-order valence-corrected chi connectivity index (χ4v) is 3.42. The van der Waals surface area contributed by atoms with Crippen molar-refractivity contribution < 1.29 is 19.6 Å². The van der Waals surface area contributed by atoms with E-state index in [1.54, 1.807) is 48.5 Å². The van der Waals surface area contributed by atoms with E-state index in [1.807, 2.05) is 31.2 Å². The number of hydroxylamine groups is 1. The average Bonchev–Trinajstić information content (AvgIpc) is 2.95. The Kier molecular flexibility index (Phi) is 12.6. The topological polar surface area (TPSA) is 146 Å². The van der Waals surface area contributed by atoms with Gasteiger partial charge in [-0.2, -0.15) is 0 Å². The number of nitrogens with one attached hydrogen (secondary N) is 4. The van der Waals surface area contributed by atoms with Crippen molar-refractivity contribution in [2.45, 2.75) is 26.9 Å². The number of aryl methyl sites for hydroxylation is 1. The highest BCUT2D eigenvalue weighted by atomic mass is 16.5. The number of carbonyl (C=O) groups is 3. The Bertz CT molecular complexity index is 1430. The van der Waals surface area contributed by atoms with E-state index in [0.717, 1.165) is 11.1 Å². The van der Waals surface area contributed by atoms with Crippen molar-refractivity contribution >= 4 is 23.4 Å². The van der Waals surface area contributed by atoms with Gasteiger partial charge in [-0.1, -0.05) is 43.5 Å².